The molecule has 2 unspecified atom stereocenters. The molecule has 2 N–H and O–H groups in total. The molecule has 2 aromatic heterocycles. The number of hydrogen-bond acceptors (Lipinski definition) is 9. The van der Waals surface area contributed by atoms with Crippen LogP contribution in [0, 0.1) is 24.0 Å². The van der Waals surface area contributed by atoms with Crippen LogP contribution >= 0.6 is 0 Å². The number of pyridine rings is 1. The molecule has 8 rings (SSSR count). The summed E-state index contributed by atoms with van der Waals surface area (Å²) < 4.78 is 59.0. The van der Waals surface area contributed by atoms with Crippen molar-refractivity contribution in [3.8, 4) is 41.2 Å². The molecule has 0 bridgehead atoms. The summed E-state index contributed by atoms with van der Waals surface area (Å²) in [4.78, 5) is 18.0. The lowest BCUT2D eigenvalue weighted by molar-refractivity contribution is 0.107. The van der Waals surface area contributed by atoms with Crippen molar-refractivity contribution in [1.82, 2.24) is 25.2 Å². The fraction of sp³-hybridized carbons (Fsp3) is 0.424. The van der Waals surface area contributed by atoms with Crippen LogP contribution < -0.4 is 19.7 Å². The predicted molar refractivity (Wildman–Crippen MR) is 162 cm³/mol. The van der Waals surface area contributed by atoms with E-state index in [0.29, 0.717) is 30.7 Å². The Morgan fingerprint density at radius 1 is 1.22 bits per heavy atom. The van der Waals surface area contributed by atoms with Gasteiger partial charge < -0.3 is 24.8 Å². The Morgan fingerprint density at radius 2 is 2.09 bits per heavy atom. The number of piperidine rings is 1. The summed E-state index contributed by atoms with van der Waals surface area (Å²) in [6, 6.07) is 5.26. The van der Waals surface area contributed by atoms with E-state index in [1.165, 1.54) is 24.3 Å². The average molecular weight is 617 g/mol. The predicted octanol–water partition coefficient (Wildman–Crippen LogP) is 4.32. The van der Waals surface area contributed by atoms with E-state index in [1.807, 2.05) is 11.9 Å². The van der Waals surface area contributed by atoms with E-state index in [9.17, 15) is 13.9 Å². The molecule has 4 aromatic rings. The minimum Gasteiger partial charge on any atom is -0.508 e. The highest BCUT2D eigenvalue weighted by molar-refractivity contribution is 6.04. The third-order valence-corrected chi connectivity index (χ3v) is 9.88. The minimum absolute atomic E-state index is 0.0432. The van der Waals surface area contributed by atoms with Crippen molar-refractivity contribution < 1.29 is 27.8 Å². The first-order chi connectivity index (χ1) is 21.8. The maximum atomic E-state index is 16.9. The van der Waals surface area contributed by atoms with Gasteiger partial charge in [-0.05, 0) is 55.9 Å². The van der Waals surface area contributed by atoms with Gasteiger partial charge in [-0.2, -0.15) is 9.97 Å². The Morgan fingerprint density at radius 3 is 2.93 bits per heavy atom. The molecule has 0 amide bonds. The number of terminal acetylenes is 1. The standard InChI is InChI=1S/C33H31F3N6O3/c1-3-20-22(35)6-5-17-11-19(43)12-21(25(17)20)28-27(36)29-26-30(41(2)23-7-9-37-14-24(23)45-31(26)38-28)40-32(39-29)44-16-33-8-4-10-42(33)15-18(34)13-33/h1,5-6,11-12,18,23-24,37,43H,4,7-10,13-16H2,2H3/t18-,23?,24?,33+/m1/s1. The molecular weight excluding hydrogens is 585 g/mol. The van der Waals surface area contributed by atoms with Crippen LogP contribution in [0.2, 0.25) is 0 Å². The Hall–Kier alpha value is -4.34. The number of likely N-dealkylation sites (N-methyl/N-ethyl adjacent to an activating group) is 1. The van der Waals surface area contributed by atoms with E-state index in [2.05, 4.69) is 26.1 Å². The van der Waals surface area contributed by atoms with Gasteiger partial charge >= 0.3 is 6.01 Å². The number of nitrogens with zero attached hydrogens (tertiary/aromatic N) is 5. The van der Waals surface area contributed by atoms with Crippen LogP contribution in [0.25, 0.3) is 32.9 Å². The molecule has 0 saturated carbocycles. The highest BCUT2D eigenvalue weighted by Gasteiger charge is 2.49. The molecular formula is C33H31F3N6O3. The number of aromatic nitrogens is 3. The van der Waals surface area contributed by atoms with Gasteiger partial charge in [0.25, 0.3) is 0 Å². The van der Waals surface area contributed by atoms with Gasteiger partial charge in [0.1, 0.15) is 52.9 Å². The summed E-state index contributed by atoms with van der Waals surface area (Å²) in [5.41, 5.74) is -0.751. The van der Waals surface area contributed by atoms with Crippen molar-refractivity contribution in [3.05, 3.63) is 41.5 Å². The molecule has 0 radical (unpaired) electrons. The Kier molecular flexibility index (Phi) is 6.48. The van der Waals surface area contributed by atoms with Crippen LogP contribution in [0.4, 0.5) is 19.0 Å². The number of phenolic OH excluding ortho intramolecular Hbond substituents is 1. The highest BCUT2D eigenvalue weighted by Crippen LogP contribution is 2.45. The van der Waals surface area contributed by atoms with E-state index in [1.54, 1.807) is 0 Å². The average Bonchev–Trinajstić information content (AvgIpc) is 3.52. The lowest BCUT2D eigenvalue weighted by Crippen LogP contribution is -2.53. The zero-order chi connectivity index (χ0) is 31.0. The molecule has 0 spiro atoms. The van der Waals surface area contributed by atoms with Crippen molar-refractivity contribution in [2.24, 2.45) is 0 Å². The second-order valence-corrected chi connectivity index (χ2v) is 12.5. The number of fused-ring (bicyclic) bond motifs is 3. The number of alkyl halides is 1. The molecule has 3 saturated heterocycles. The number of aromatic hydroxyl groups is 1. The molecule has 0 aliphatic carbocycles. The number of phenols is 1. The number of hydrogen-bond donors (Lipinski definition) is 2. The fourth-order valence-electron chi connectivity index (χ4n) is 7.77. The Bertz CT molecular complexity index is 1920. The van der Waals surface area contributed by atoms with Crippen LogP contribution in [0.1, 0.15) is 31.2 Å². The third-order valence-electron chi connectivity index (χ3n) is 9.88. The van der Waals surface area contributed by atoms with Crippen molar-refractivity contribution in [1.29, 1.82) is 0 Å². The maximum absolute atomic E-state index is 16.9. The first-order valence-corrected chi connectivity index (χ1v) is 15.2. The van der Waals surface area contributed by atoms with Gasteiger partial charge in [-0.15, -0.1) is 6.42 Å². The van der Waals surface area contributed by atoms with Gasteiger partial charge in [-0.3, -0.25) is 4.90 Å². The molecule has 9 nitrogen and oxygen atoms in total. The lowest BCUT2D eigenvalue weighted by atomic mass is 9.95. The number of halogens is 3. The van der Waals surface area contributed by atoms with Crippen LogP contribution in [0.3, 0.4) is 0 Å². The second kappa shape index (κ2) is 10.4. The summed E-state index contributed by atoms with van der Waals surface area (Å²) in [6.07, 6.45) is 7.28. The van der Waals surface area contributed by atoms with Gasteiger partial charge in [0.05, 0.1) is 17.1 Å². The largest absolute Gasteiger partial charge is 0.508 e. The monoisotopic (exact) mass is 616 g/mol. The molecule has 232 valence electrons. The zero-order valence-electron chi connectivity index (χ0n) is 24.6. The lowest BCUT2D eigenvalue weighted by Gasteiger charge is -2.36. The number of nitrogens with one attached hydrogen (secondary N) is 1. The van der Waals surface area contributed by atoms with Gasteiger partial charge in [0.2, 0.25) is 5.88 Å². The number of rotatable bonds is 4. The number of ether oxygens (including phenoxy) is 2. The van der Waals surface area contributed by atoms with Gasteiger partial charge in [0, 0.05) is 37.5 Å². The van der Waals surface area contributed by atoms with E-state index in [4.69, 9.17) is 20.9 Å². The first kappa shape index (κ1) is 28.2. The molecule has 4 aliphatic heterocycles. The molecule has 12 heteroatoms. The summed E-state index contributed by atoms with van der Waals surface area (Å²) in [5.74, 6) is 1.23. The summed E-state index contributed by atoms with van der Waals surface area (Å²) >= 11 is 0. The van der Waals surface area contributed by atoms with Crippen molar-refractivity contribution in [3.63, 3.8) is 0 Å². The van der Waals surface area contributed by atoms with Crippen molar-refractivity contribution >= 4 is 27.5 Å². The van der Waals surface area contributed by atoms with Crippen molar-refractivity contribution in [2.75, 3.05) is 44.7 Å². The van der Waals surface area contributed by atoms with Crippen LogP contribution in [-0.2, 0) is 0 Å². The molecule has 4 aliphatic rings. The summed E-state index contributed by atoms with van der Waals surface area (Å²) in [5, 5.41) is 14.9. The van der Waals surface area contributed by atoms with E-state index in [-0.39, 0.29) is 69.5 Å². The van der Waals surface area contributed by atoms with E-state index >= 15 is 4.39 Å². The van der Waals surface area contributed by atoms with Gasteiger partial charge in [0.15, 0.2) is 5.82 Å². The molecule has 3 fully saturated rings. The molecule has 4 atom stereocenters. The molecule has 2 aromatic carbocycles. The van der Waals surface area contributed by atoms with Crippen LogP contribution in [-0.4, -0.2) is 88.6 Å². The normalized spacial score (nSPS) is 25.9. The number of benzene rings is 2. The van der Waals surface area contributed by atoms with Gasteiger partial charge in [-0.25, -0.2) is 18.2 Å². The third kappa shape index (κ3) is 4.35. The number of anilines is 1. The second-order valence-electron chi connectivity index (χ2n) is 12.5. The SMILES string of the molecule is C#Cc1c(F)ccc2cc(O)cc(-c3nc4c5c(nc(OC[C@@]67CCCN6C[C@H](F)C7)nc5c3F)N(C)C3CCNCC3O4)c12. The molecule has 45 heavy (non-hydrogen) atoms. The van der Waals surface area contributed by atoms with E-state index < -0.39 is 23.3 Å². The topological polar surface area (TPSA) is 95.9 Å². The Labute approximate surface area is 257 Å². The minimum atomic E-state index is -0.931. The van der Waals surface area contributed by atoms with Crippen LogP contribution in [0.15, 0.2) is 24.3 Å². The quantitative estimate of drug-likeness (QED) is 0.325. The summed E-state index contributed by atoms with van der Waals surface area (Å²) in [6.45, 7) is 2.63. The van der Waals surface area contributed by atoms with Gasteiger partial charge in [-0.1, -0.05) is 12.0 Å². The van der Waals surface area contributed by atoms with E-state index in [0.717, 1.165) is 32.4 Å². The van der Waals surface area contributed by atoms with Crippen LogP contribution in [0.5, 0.6) is 17.6 Å². The first-order valence-electron chi connectivity index (χ1n) is 15.2. The molecule has 6 heterocycles. The zero-order valence-corrected chi connectivity index (χ0v) is 24.6. The smallest absolute Gasteiger partial charge is 0.319 e. The van der Waals surface area contributed by atoms with Crippen molar-refractivity contribution in [2.45, 2.75) is 49.5 Å². The highest BCUT2D eigenvalue weighted by atomic mass is 19.1. The fourth-order valence-corrected chi connectivity index (χ4v) is 7.77. The maximum Gasteiger partial charge on any atom is 0.319 e. The Balaban J connectivity index is 1.34. The summed E-state index contributed by atoms with van der Waals surface area (Å²) in [7, 11) is 1.88.